The number of oxazole rings is 1. The van der Waals surface area contributed by atoms with E-state index in [0.717, 1.165) is 36.1 Å². The number of nitrogens with zero attached hydrogens (tertiary/aromatic N) is 2. The Hall–Kier alpha value is -3.93. The molecule has 1 unspecified atom stereocenters. The second-order valence-corrected chi connectivity index (χ2v) is 9.49. The van der Waals surface area contributed by atoms with Gasteiger partial charge in [-0.2, -0.15) is 0 Å². The number of amides is 2. The standard InChI is InChI=1S/C30H31N3O3/c1-3-21-9-7-8-12-25(21)31-28(34)20(2)22-15-17-33(18-16-22)30(35)24-13-14-27-26(19-24)32-29(36-27)23-10-5-4-6-11-23/h4-14,19-20,22H,3,15-18H2,1-2H3,(H,31,34). The fourth-order valence-corrected chi connectivity index (χ4v) is 4.96. The molecule has 1 aromatic heterocycles. The number of aryl methyl sites for hydroxylation is 1. The van der Waals surface area contributed by atoms with E-state index in [0.29, 0.717) is 35.6 Å². The third-order valence-corrected chi connectivity index (χ3v) is 7.26. The number of piperidine rings is 1. The van der Waals surface area contributed by atoms with Crippen molar-refractivity contribution in [2.75, 3.05) is 18.4 Å². The molecule has 2 heterocycles. The summed E-state index contributed by atoms with van der Waals surface area (Å²) in [4.78, 5) is 32.6. The number of rotatable bonds is 6. The van der Waals surface area contributed by atoms with Crippen LogP contribution in [0.5, 0.6) is 0 Å². The van der Waals surface area contributed by atoms with Crippen molar-refractivity contribution in [1.82, 2.24) is 9.88 Å². The number of hydrogen-bond acceptors (Lipinski definition) is 4. The van der Waals surface area contributed by atoms with Crippen molar-refractivity contribution in [1.29, 1.82) is 0 Å². The highest BCUT2D eigenvalue weighted by Gasteiger charge is 2.30. The number of benzene rings is 3. The van der Waals surface area contributed by atoms with Crippen molar-refractivity contribution >= 4 is 28.6 Å². The minimum Gasteiger partial charge on any atom is -0.436 e. The van der Waals surface area contributed by atoms with E-state index in [1.807, 2.05) is 72.5 Å². The molecule has 6 nitrogen and oxygen atoms in total. The van der Waals surface area contributed by atoms with E-state index in [4.69, 9.17) is 4.42 Å². The topological polar surface area (TPSA) is 75.4 Å². The van der Waals surface area contributed by atoms with Crippen molar-refractivity contribution < 1.29 is 14.0 Å². The monoisotopic (exact) mass is 481 g/mol. The summed E-state index contributed by atoms with van der Waals surface area (Å²) in [5, 5.41) is 3.11. The molecule has 36 heavy (non-hydrogen) atoms. The molecule has 6 heteroatoms. The number of fused-ring (bicyclic) bond motifs is 1. The molecule has 2 amide bonds. The van der Waals surface area contributed by atoms with Gasteiger partial charge in [0.05, 0.1) is 0 Å². The van der Waals surface area contributed by atoms with Crippen molar-refractivity contribution in [3.05, 3.63) is 83.9 Å². The number of likely N-dealkylation sites (tertiary alicyclic amines) is 1. The minimum absolute atomic E-state index is 0.00594. The lowest BCUT2D eigenvalue weighted by molar-refractivity contribution is -0.121. The predicted molar refractivity (Wildman–Crippen MR) is 142 cm³/mol. The van der Waals surface area contributed by atoms with Crippen LogP contribution >= 0.6 is 0 Å². The lowest BCUT2D eigenvalue weighted by Crippen LogP contribution is -2.41. The number of nitrogens with one attached hydrogen (secondary N) is 1. The van der Waals surface area contributed by atoms with Gasteiger partial charge in [-0.15, -0.1) is 0 Å². The lowest BCUT2D eigenvalue weighted by atomic mass is 9.84. The maximum absolute atomic E-state index is 13.2. The Kier molecular flexibility index (Phi) is 6.85. The van der Waals surface area contributed by atoms with Crippen LogP contribution in [0, 0.1) is 11.8 Å². The summed E-state index contributed by atoms with van der Waals surface area (Å²) < 4.78 is 5.88. The SMILES string of the molecule is CCc1ccccc1NC(=O)C(C)C1CCN(C(=O)c2ccc3oc(-c4ccccc4)nc3c2)CC1. The highest BCUT2D eigenvalue weighted by atomic mass is 16.3. The third kappa shape index (κ3) is 4.89. The van der Waals surface area contributed by atoms with E-state index in [1.165, 1.54) is 0 Å². The fourth-order valence-electron chi connectivity index (χ4n) is 4.96. The van der Waals surface area contributed by atoms with Gasteiger partial charge in [0, 0.05) is 35.8 Å². The molecule has 4 aromatic rings. The molecule has 1 aliphatic heterocycles. The third-order valence-electron chi connectivity index (χ3n) is 7.26. The van der Waals surface area contributed by atoms with Crippen molar-refractivity contribution in [3.8, 4) is 11.5 Å². The highest BCUT2D eigenvalue weighted by molar-refractivity contribution is 5.97. The van der Waals surface area contributed by atoms with Crippen LogP contribution in [0.1, 0.15) is 42.6 Å². The van der Waals surface area contributed by atoms with Crippen LogP contribution < -0.4 is 5.32 Å². The van der Waals surface area contributed by atoms with E-state index in [9.17, 15) is 9.59 Å². The number of carbonyl (C=O) groups excluding carboxylic acids is 2. The summed E-state index contributed by atoms with van der Waals surface area (Å²) >= 11 is 0. The molecule has 0 bridgehead atoms. The van der Waals surface area contributed by atoms with Gasteiger partial charge in [0.15, 0.2) is 5.58 Å². The number of carbonyl (C=O) groups is 2. The van der Waals surface area contributed by atoms with Gasteiger partial charge in [-0.25, -0.2) is 4.98 Å². The average molecular weight is 482 g/mol. The van der Waals surface area contributed by atoms with E-state index < -0.39 is 0 Å². The van der Waals surface area contributed by atoms with Gasteiger partial charge in [-0.3, -0.25) is 9.59 Å². The molecule has 0 radical (unpaired) electrons. The molecule has 0 saturated carbocycles. The number of para-hydroxylation sites is 1. The summed E-state index contributed by atoms with van der Waals surface area (Å²) in [5.74, 6) is 0.717. The zero-order valence-corrected chi connectivity index (χ0v) is 20.7. The molecule has 1 saturated heterocycles. The summed E-state index contributed by atoms with van der Waals surface area (Å²) in [6.07, 6.45) is 2.49. The normalized spacial score (nSPS) is 15.1. The van der Waals surface area contributed by atoms with Gasteiger partial charge >= 0.3 is 0 Å². The number of hydrogen-bond donors (Lipinski definition) is 1. The van der Waals surface area contributed by atoms with Crippen LogP contribution in [0.15, 0.2) is 77.2 Å². The zero-order valence-electron chi connectivity index (χ0n) is 20.7. The lowest BCUT2D eigenvalue weighted by Gasteiger charge is -2.34. The Bertz CT molecular complexity index is 1370. The van der Waals surface area contributed by atoms with Crippen LogP contribution in [0.25, 0.3) is 22.6 Å². The predicted octanol–water partition coefficient (Wildman–Crippen LogP) is 6.18. The van der Waals surface area contributed by atoms with E-state index in [-0.39, 0.29) is 23.7 Å². The molecule has 3 aromatic carbocycles. The Labute approximate surface area is 211 Å². The number of aromatic nitrogens is 1. The molecule has 5 rings (SSSR count). The van der Waals surface area contributed by atoms with Crippen LogP contribution in [0.4, 0.5) is 5.69 Å². The van der Waals surface area contributed by atoms with E-state index >= 15 is 0 Å². The molecule has 1 N–H and O–H groups in total. The fraction of sp³-hybridized carbons (Fsp3) is 0.300. The number of anilines is 1. The molecular formula is C30H31N3O3. The first-order valence-electron chi connectivity index (χ1n) is 12.7. The van der Waals surface area contributed by atoms with Crippen LogP contribution in [-0.2, 0) is 11.2 Å². The Morgan fingerprint density at radius 1 is 1.03 bits per heavy atom. The quantitative estimate of drug-likeness (QED) is 0.357. The Balaban J connectivity index is 1.21. The maximum Gasteiger partial charge on any atom is 0.253 e. The van der Waals surface area contributed by atoms with Crippen molar-refractivity contribution in [2.45, 2.75) is 33.1 Å². The smallest absolute Gasteiger partial charge is 0.253 e. The van der Waals surface area contributed by atoms with Gasteiger partial charge in [0.25, 0.3) is 5.91 Å². The Morgan fingerprint density at radius 3 is 2.50 bits per heavy atom. The minimum atomic E-state index is -0.116. The summed E-state index contributed by atoms with van der Waals surface area (Å²) in [6, 6.07) is 23.1. The zero-order chi connectivity index (χ0) is 25.1. The first-order valence-corrected chi connectivity index (χ1v) is 12.7. The van der Waals surface area contributed by atoms with Crippen molar-refractivity contribution in [3.63, 3.8) is 0 Å². The Morgan fingerprint density at radius 2 is 1.75 bits per heavy atom. The molecule has 0 spiro atoms. The van der Waals surface area contributed by atoms with Gasteiger partial charge in [0.1, 0.15) is 5.52 Å². The van der Waals surface area contributed by atoms with Gasteiger partial charge in [0.2, 0.25) is 11.8 Å². The van der Waals surface area contributed by atoms with E-state index in [2.05, 4.69) is 17.2 Å². The second-order valence-electron chi connectivity index (χ2n) is 9.49. The summed E-state index contributed by atoms with van der Waals surface area (Å²) in [6.45, 7) is 5.36. The maximum atomic E-state index is 13.2. The van der Waals surface area contributed by atoms with Gasteiger partial charge < -0.3 is 14.6 Å². The molecule has 1 aliphatic rings. The van der Waals surface area contributed by atoms with Crippen molar-refractivity contribution in [2.24, 2.45) is 11.8 Å². The van der Waals surface area contributed by atoms with Crippen LogP contribution in [0.2, 0.25) is 0 Å². The summed E-state index contributed by atoms with van der Waals surface area (Å²) in [5.41, 5.74) is 4.87. The first kappa shape index (κ1) is 23.8. The van der Waals surface area contributed by atoms with E-state index in [1.54, 1.807) is 12.1 Å². The van der Waals surface area contributed by atoms with Gasteiger partial charge in [-0.05, 0) is 67.1 Å². The molecule has 0 aliphatic carbocycles. The molecule has 184 valence electrons. The first-order chi connectivity index (χ1) is 17.5. The highest BCUT2D eigenvalue weighted by Crippen LogP contribution is 2.29. The molecular weight excluding hydrogens is 450 g/mol. The molecule has 1 atom stereocenters. The summed E-state index contributed by atoms with van der Waals surface area (Å²) in [7, 11) is 0. The molecule has 1 fully saturated rings. The van der Waals surface area contributed by atoms with Gasteiger partial charge in [-0.1, -0.05) is 50.2 Å². The average Bonchev–Trinajstić information content (AvgIpc) is 3.37. The second kappa shape index (κ2) is 10.4. The van der Waals surface area contributed by atoms with Crippen LogP contribution in [0.3, 0.4) is 0 Å². The largest absolute Gasteiger partial charge is 0.436 e. The van der Waals surface area contributed by atoms with Crippen LogP contribution in [-0.4, -0.2) is 34.8 Å².